The Labute approximate surface area is 129 Å². The molecule has 1 aromatic rings. The molecule has 1 atom stereocenters. The second-order valence-electron chi connectivity index (χ2n) is 5.81. The lowest BCUT2D eigenvalue weighted by Crippen LogP contribution is -2.48. The Balaban J connectivity index is 1.56. The lowest BCUT2D eigenvalue weighted by atomic mass is 10.0. The molecular formula is C16H21N3O3. The molecule has 118 valence electrons. The predicted molar refractivity (Wildman–Crippen MR) is 82.7 cm³/mol. The summed E-state index contributed by atoms with van der Waals surface area (Å²) in [7, 11) is 0. The number of rotatable bonds is 5. The van der Waals surface area contributed by atoms with Crippen molar-refractivity contribution in [2.45, 2.75) is 18.9 Å². The highest BCUT2D eigenvalue weighted by Crippen LogP contribution is 2.16. The zero-order valence-electron chi connectivity index (χ0n) is 12.4. The van der Waals surface area contributed by atoms with E-state index in [0.717, 1.165) is 25.9 Å². The van der Waals surface area contributed by atoms with Crippen molar-refractivity contribution in [3.8, 4) is 0 Å². The van der Waals surface area contributed by atoms with Crippen LogP contribution in [0.1, 0.15) is 23.2 Å². The molecule has 3 rings (SSSR count). The number of carbonyl (C=O) groups is 2. The van der Waals surface area contributed by atoms with Gasteiger partial charge in [-0.1, -0.05) is 6.07 Å². The van der Waals surface area contributed by atoms with Crippen molar-refractivity contribution in [2.24, 2.45) is 5.92 Å². The van der Waals surface area contributed by atoms with Gasteiger partial charge in [-0.25, -0.2) is 0 Å². The third-order valence-electron chi connectivity index (χ3n) is 4.03. The molecule has 0 aliphatic carbocycles. The number of benzene rings is 1. The van der Waals surface area contributed by atoms with E-state index in [4.69, 9.17) is 4.74 Å². The summed E-state index contributed by atoms with van der Waals surface area (Å²) in [6.45, 7) is 3.23. The lowest BCUT2D eigenvalue weighted by Gasteiger charge is -2.27. The molecule has 1 aromatic carbocycles. The van der Waals surface area contributed by atoms with E-state index in [1.54, 1.807) is 24.3 Å². The van der Waals surface area contributed by atoms with E-state index in [9.17, 15) is 9.59 Å². The molecule has 2 aliphatic rings. The highest BCUT2D eigenvalue weighted by molar-refractivity contribution is 5.98. The molecule has 0 spiro atoms. The van der Waals surface area contributed by atoms with E-state index in [1.807, 2.05) is 0 Å². The first-order valence-electron chi connectivity index (χ1n) is 7.74. The molecule has 2 amide bonds. The van der Waals surface area contributed by atoms with E-state index >= 15 is 0 Å². The second kappa shape index (κ2) is 6.89. The Hall–Kier alpha value is -1.92. The summed E-state index contributed by atoms with van der Waals surface area (Å²) in [6, 6.07) is 6.99. The first-order chi connectivity index (χ1) is 10.7. The van der Waals surface area contributed by atoms with E-state index in [-0.39, 0.29) is 17.9 Å². The largest absolute Gasteiger partial charge is 0.368 e. The standard InChI is InChI=1S/C16H21N3O3/c20-15(18-10-11-8-17-9-11)12-3-1-4-13(7-12)19-16(21)14-5-2-6-22-14/h1,3-4,7,11,14,17H,2,5-6,8-10H2,(H,18,20)(H,19,21). The Bertz CT molecular complexity index is 551. The van der Waals surface area contributed by atoms with Crippen LogP contribution < -0.4 is 16.0 Å². The molecule has 0 aromatic heterocycles. The van der Waals surface area contributed by atoms with E-state index < -0.39 is 0 Å². The molecule has 2 fully saturated rings. The molecule has 0 bridgehead atoms. The van der Waals surface area contributed by atoms with Crippen molar-refractivity contribution in [1.82, 2.24) is 10.6 Å². The van der Waals surface area contributed by atoms with Crippen molar-refractivity contribution in [3.63, 3.8) is 0 Å². The molecule has 2 heterocycles. The Morgan fingerprint density at radius 1 is 1.32 bits per heavy atom. The van der Waals surface area contributed by atoms with Crippen LogP contribution in [0.3, 0.4) is 0 Å². The zero-order chi connectivity index (χ0) is 15.4. The van der Waals surface area contributed by atoms with Gasteiger partial charge in [-0.2, -0.15) is 0 Å². The SMILES string of the molecule is O=C(NCC1CNC1)c1cccc(NC(=O)C2CCCO2)c1. The van der Waals surface area contributed by atoms with Crippen molar-refractivity contribution in [3.05, 3.63) is 29.8 Å². The van der Waals surface area contributed by atoms with Crippen molar-refractivity contribution in [1.29, 1.82) is 0 Å². The number of hydrogen-bond acceptors (Lipinski definition) is 4. The van der Waals surface area contributed by atoms with Crippen LogP contribution in [0.2, 0.25) is 0 Å². The number of anilines is 1. The van der Waals surface area contributed by atoms with Crippen molar-refractivity contribution < 1.29 is 14.3 Å². The number of amides is 2. The lowest BCUT2D eigenvalue weighted by molar-refractivity contribution is -0.124. The maximum Gasteiger partial charge on any atom is 0.253 e. The van der Waals surface area contributed by atoms with Gasteiger partial charge in [0.2, 0.25) is 0 Å². The van der Waals surface area contributed by atoms with Crippen LogP contribution >= 0.6 is 0 Å². The van der Waals surface area contributed by atoms with E-state index in [0.29, 0.717) is 30.3 Å². The molecule has 6 heteroatoms. The molecule has 22 heavy (non-hydrogen) atoms. The molecule has 2 aliphatic heterocycles. The Morgan fingerprint density at radius 3 is 2.86 bits per heavy atom. The number of ether oxygens (including phenoxy) is 1. The van der Waals surface area contributed by atoms with Gasteiger partial charge in [-0.05, 0) is 31.0 Å². The minimum Gasteiger partial charge on any atom is -0.368 e. The van der Waals surface area contributed by atoms with Gasteiger partial charge in [0.15, 0.2) is 0 Å². The van der Waals surface area contributed by atoms with Crippen molar-refractivity contribution >= 4 is 17.5 Å². The van der Waals surface area contributed by atoms with Crippen LogP contribution in [-0.2, 0) is 9.53 Å². The fourth-order valence-electron chi connectivity index (χ4n) is 2.58. The first kappa shape index (κ1) is 15.0. The maximum atomic E-state index is 12.1. The van der Waals surface area contributed by atoms with Gasteiger partial charge < -0.3 is 20.7 Å². The first-order valence-corrected chi connectivity index (χ1v) is 7.74. The average molecular weight is 303 g/mol. The van der Waals surface area contributed by atoms with Crippen LogP contribution in [0.15, 0.2) is 24.3 Å². The maximum absolute atomic E-state index is 12.1. The normalized spacial score (nSPS) is 21.2. The third-order valence-corrected chi connectivity index (χ3v) is 4.03. The smallest absolute Gasteiger partial charge is 0.253 e. The molecule has 1 unspecified atom stereocenters. The third kappa shape index (κ3) is 3.64. The summed E-state index contributed by atoms with van der Waals surface area (Å²) < 4.78 is 5.35. The summed E-state index contributed by atoms with van der Waals surface area (Å²) in [6.07, 6.45) is 1.29. The molecular weight excluding hydrogens is 282 g/mol. The van der Waals surface area contributed by atoms with Gasteiger partial charge in [-0.3, -0.25) is 9.59 Å². The monoisotopic (exact) mass is 303 g/mol. The topological polar surface area (TPSA) is 79.5 Å². The molecule has 0 saturated carbocycles. The van der Waals surface area contributed by atoms with Crippen LogP contribution in [0.4, 0.5) is 5.69 Å². The summed E-state index contributed by atoms with van der Waals surface area (Å²) in [5, 5.41) is 8.90. The van der Waals surface area contributed by atoms with Gasteiger partial charge in [0, 0.05) is 43.4 Å². The molecule has 6 nitrogen and oxygen atoms in total. The van der Waals surface area contributed by atoms with Gasteiger partial charge in [0.1, 0.15) is 6.10 Å². The van der Waals surface area contributed by atoms with E-state index in [1.165, 1.54) is 0 Å². The highest BCUT2D eigenvalue weighted by Gasteiger charge is 2.23. The number of nitrogens with one attached hydrogen (secondary N) is 3. The molecule has 3 N–H and O–H groups in total. The van der Waals surface area contributed by atoms with Crippen molar-refractivity contribution in [2.75, 3.05) is 31.6 Å². The summed E-state index contributed by atoms with van der Waals surface area (Å²) >= 11 is 0. The Kier molecular flexibility index (Phi) is 4.70. The van der Waals surface area contributed by atoms with E-state index in [2.05, 4.69) is 16.0 Å². The minimum atomic E-state index is -0.372. The van der Waals surface area contributed by atoms with Gasteiger partial charge >= 0.3 is 0 Å². The average Bonchev–Trinajstić information content (AvgIpc) is 3.00. The van der Waals surface area contributed by atoms with Gasteiger partial charge in [0.25, 0.3) is 11.8 Å². The van der Waals surface area contributed by atoms with Gasteiger partial charge in [0.05, 0.1) is 0 Å². The van der Waals surface area contributed by atoms with Crippen LogP contribution in [0, 0.1) is 5.92 Å². The number of carbonyl (C=O) groups excluding carboxylic acids is 2. The molecule has 2 saturated heterocycles. The summed E-state index contributed by atoms with van der Waals surface area (Å²) in [5.41, 5.74) is 1.18. The van der Waals surface area contributed by atoms with Crippen LogP contribution in [-0.4, -0.2) is 44.2 Å². The molecule has 0 radical (unpaired) electrons. The quantitative estimate of drug-likeness (QED) is 0.750. The number of hydrogen-bond donors (Lipinski definition) is 3. The highest BCUT2D eigenvalue weighted by atomic mass is 16.5. The summed E-state index contributed by atoms with van der Waals surface area (Å²) in [5.74, 6) is 0.266. The van der Waals surface area contributed by atoms with Gasteiger partial charge in [-0.15, -0.1) is 0 Å². The minimum absolute atomic E-state index is 0.111. The fraction of sp³-hybridized carbons (Fsp3) is 0.500. The fourth-order valence-corrected chi connectivity index (χ4v) is 2.58. The predicted octanol–water partition coefficient (Wildman–Crippen LogP) is 0.753. The second-order valence-corrected chi connectivity index (χ2v) is 5.81. The zero-order valence-corrected chi connectivity index (χ0v) is 12.4. The van der Waals surface area contributed by atoms with Crippen LogP contribution in [0.25, 0.3) is 0 Å². The summed E-state index contributed by atoms with van der Waals surface area (Å²) in [4.78, 5) is 24.1. The van der Waals surface area contributed by atoms with Crippen LogP contribution in [0.5, 0.6) is 0 Å². The Morgan fingerprint density at radius 2 is 2.18 bits per heavy atom.